The molecular weight excluding hydrogens is 482 g/mol. The number of hydrogen-bond acceptors (Lipinski definition) is 5. The molecular formula is C27H26ClN3O3S. The minimum atomic E-state index is -0.0970. The molecule has 0 saturated carbocycles. The van der Waals surface area contributed by atoms with Gasteiger partial charge in [-0.1, -0.05) is 41.1 Å². The highest BCUT2D eigenvalue weighted by atomic mass is 35.5. The summed E-state index contributed by atoms with van der Waals surface area (Å²) in [6.07, 6.45) is 1.94. The molecule has 0 saturated heterocycles. The van der Waals surface area contributed by atoms with Gasteiger partial charge in [0.15, 0.2) is 16.7 Å². The summed E-state index contributed by atoms with van der Waals surface area (Å²) < 4.78 is 12.8. The minimum Gasteiger partial charge on any atom is -0.493 e. The van der Waals surface area contributed by atoms with Crippen molar-refractivity contribution in [1.29, 1.82) is 0 Å². The van der Waals surface area contributed by atoms with Crippen molar-refractivity contribution in [2.45, 2.75) is 19.0 Å². The molecule has 4 rings (SSSR count). The standard InChI is InChI=1S/C27H26ClN3O3S/c1-17-5-11-22(18(2)13-17)29-26(32)16-35-27-30-23(15-31(27)21-9-7-20(28)8-10-21)19-6-12-24(33-3)25(14-19)34-4/h5-15H,16H2,1-4H3,(H,29,32). The zero-order valence-corrected chi connectivity index (χ0v) is 21.5. The van der Waals surface area contributed by atoms with Crippen LogP contribution in [0.25, 0.3) is 16.9 Å². The Hall–Kier alpha value is -3.42. The zero-order chi connectivity index (χ0) is 24.9. The fourth-order valence-corrected chi connectivity index (χ4v) is 4.58. The lowest BCUT2D eigenvalue weighted by Crippen LogP contribution is -2.15. The molecule has 4 aromatic rings. The van der Waals surface area contributed by atoms with Crippen molar-refractivity contribution in [2.24, 2.45) is 0 Å². The fraction of sp³-hybridized carbons (Fsp3) is 0.185. The van der Waals surface area contributed by atoms with Crippen LogP contribution in [0.15, 0.2) is 72.0 Å². The maximum Gasteiger partial charge on any atom is 0.234 e. The number of imidazole rings is 1. The molecule has 0 atom stereocenters. The number of rotatable bonds is 8. The second kappa shape index (κ2) is 10.9. The van der Waals surface area contributed by atoms with Crippen LogP contribution < -0.4 is 14.8 Å². The number of anilines is 1. The van der Waals surface area contributed by atoms with Gasteiger partial charge in [0.1, 0.15) is 0 Å². The molecule has 0 unspecified atom stereocenters. The van der Waals surface area contributed by atoms with E-state index in [1.807, 2.05) is 85.3 Å². The quantitative estimate of drug-likeness (QED) is 0.274. The first-order chi connectivity index (χ1) is 16.9. The van der Waals surface area contributed by atoms with Crippen molar-refractivity contribution in [3.63, 3.8) is 0 Å². The van der Waals surface area contributed by atoms with E-state index in [1.165, 1.54) is 11.8 Å². The summed E-state index contributed by atoms with van der Waals surface area (Å²) in [6, 6.07) is 19.1. The number of nitrogens with zero attached hydrogens (tertiary/aromatic N) is 2. The summed E-state index contributed by atoms with van der Waals surface area (Å²) in [6.45, 7) is 4.01. The predicted molar refractivity (Wildman–Crippen MR) is 142 cm³/mol. The van der Waals surface area contributed by atoms with Gasteiger partial charge in [-0.15, -0.1) is 0 Å². The lowest BCUT2D eigenvalue weighted by Gasteiger charge is -2.10. The van der Waals surface area contributed by atoms with Gasteiger partial charge < -0.3 is 14.8 Å². The smallest absolute Gasteiger partial charge is 0.234 e. The van der Waals surface area contributed by atoms with E-state index in [0.717, 1.165) is 33.8 Å². The molecule has 0 aliphatic rings. The van der Waals surface area contributed by atoms with Crippen molar-refractivity contribution in [1.82, 2.24) is 9.55 Å². The third-order valence-electron chi connectivity index (χ3n) is 5.45. The summed E-state index contributed by atoms with van der Waals surface area (Å²) in [7, 11) is 3.20. The third kappa shape index (κ3) is 5.81. The number of carbonyl (C=O) groups excluding carboxylic acids is 1. The molecule has 1 heterocycles. The van der Waals surface area contributed by atoms with Crippen molar-refractivity contribution in [3.8, 4) is 28.4 Å². The van der Waals surface area contributed by atoms with Crippen LogP contribution in [-0.2, 0) is 4.79 Å². The summed E-state index contributed by atoms with van der Waals surface area (Å²) in [5.74, 6) is 1.38. The normalized spacial score (nSPS) is 10.8. The van der Waals surface area contributed by atoms with Crippen LogP contribution >= 0.6 is 23.4 Å². The maximum absolute atomic E-state index is 12.7. The fourth-order valence-electron chi connectivity index (χ4n) is 3.66. The molecule has 3 aromatic carbocycles. The first-order valence-corrected chi connectivity index (χ1v) is 12.3. The number of halogens is 1. The van der Waals surface area contributed by atoms with Gasteiger partial charge in [-0.2, -0.15) is 0 Å². The SMILES string of the molecule is COc1ccc(-c2cn(-c3ccc(Cl)cc3)c(SCC(=O)Nc3ccc(C)cc3C)n2)cc1OC. The molecule has 35 heavy (non-hydrogen) atoms. The third-order valence-corrected chi connectivity index (χ3v) is 6.65. The van der Waals surface area contributed by atoms with Crippen LogP contribution in [0.3, 0.4) is 0 Å². The van der Waals surface area contributed by atoms with E-state index >= 15 is 0 Å². The summed E-state index contributed by atoms with van der Waals surface area (Å²) >= 11 is 7.46. The van der Waals surface area contributed by atoms with E-state index < -0.39 is 0 Å². The predicted octanol–water partition coefficient (Wildman–Crippen LogP) is 6.56. The number of aryl methyl sites for hydroxylation is 2. The van der Waals surface area contributed by atoms with E-state index in [-0.39, 0.29) is 11.7 Å². The topological polar surface area (TPSA) is 65.4 Å². The highest BCUT2D eigenvalue weighted by Crippen LogP contribution is 2.34. The number of benzene rings is 3. The van der Waals surface area contributed by atoms with Gasteiger partial charge in [0.2, 0.25) is 5.91 Å². The summed E-state index contributed by atoms with van der Waals surface area (Å²) in [5, 5.41) is 4.33. The Kier molecular flexibility index (Phi) is 7.68. The number of amides is 1. The monoisotopic (exact) mass is 507 g/mol. The molecule has 6 nitrogen and oxygen atoms in total. The van der Waals surface area contributed by atoms with Gasteiger partial charge in [0, 0.05) is 28.2 Å². The van der Waals surface area contributed by atoms with Crippen molar-refractivity contribution in [2.75, 3.05) is 25.3 Å². The van der Waals surface area contributed by atoms with E-state index in [1.54, 1.807) is 14.2 Å². The lowest BCUT2D eigenvalue weighted by molar-refractivity contribution is -0.113. The molecule has 0 fully saturated rings. The first-order valence-electron chi connectivity index (χ1n) is 11.0. The average molecular weight is 508 g/mol. The molecule has 0 bridgehead atoms. The molecule has 0 aliphatic carbocycles. The lowest BCUT2D eigenvalue weighted by atomic mass is 10.1. The van der Waals surface area contributed by atoms with Gasteiger partial charge in [-0.25, -0.2) is 4.98 Å². The van der Waals surface area contributed by atoms with Gasteiger partial charge in [-0.05, 0) is 67.9 Å². The number of hydrogen-bond donors (Lipinski definition) is 1. The van der Waals surface area contributed by atoms with E-state index in [9.17, 15) is 4.79 Å². The van der Waals surface area contributed by atoms with Gasteiger partial charge in [-0.3, -0.25) is 9.36 Å². The molecule has 0 spiro atoms. The Balaban J connectivity index is 1.61. The Labute approximate surface area is 214 Å². The second-order valence-electron chi connectivity index (χ2n) is 7.98. The highest BCUT2D eigenvalue weighted by molar-refractivity contribution is 7.99. The number of carbonyl (C=O) groups is 1. The largest absolute Gasteiger partial charge is 0.493 e. The summed E-state index contributed by atoms with van der Waals surface area (Å²) in [4.78, 5) is 17.6. The summed E-state index contributed by atoms with van der Waals surface area (Å²) in [5.41, 5.74) is 5.51. The highest BCUT2D eigenvalue weighted by Gasteiger charge is 2.16. The maximum atomic E-state index is 12.7. The van der Waals surface area contributed by atoms with Gasteiger partial charge >= 0.3 is 0 Å². The molecule has 180 valence electrons. The Morgan fingerprint density at radius 3 is 2.43 bits per heavy atom. The number of nitrogens with one attached hydrogen (secondary N) is 1. The number of aromatic nitrogens is 2. The molecule has 8 heteroatoms. The van der Waals surface area contributed by atoms with Crippen LogP contribution in [0, 0.1) is 13.8 Å². The van der Waals surface area contributed by atoms with Crippen molar-refractivity contribution >= 4 is 35.0 Å². The number of ether oxygens (including phenoxy) is 2. The van der Waals surface area contributed by atoms with E-state index in [2.05, 4.69) is 5.32 Å². The number of methoxy groups -OCH3 is 2. The molecule has 0 aliphatic heterocycles. The number of thioether (sulfide) groups is 1. The molecule has 1 N–H and O–H groups in total. The van der Waals surface area contributed by atoms with Gasteiger partial charge in [0.25, 0.3) is 0 Å². The van der Waals surface area contributed by atoms with E-state index in [0.29, 0.717) is 21.7 Å². The van der Waals surface area contributed by atoms with Crippen molar-refractivity contribution in [3.05, 3.63) is 83.0 Å². The van der Waals surface area contributed by atoms with Crippen LogP contribution in [0.1, 0.15) is 11.1 Å². The minimum absolute atomic E-state index is 0.0970. The Morgan fingerprint density at radius 1 is 1.00 bits per heavy atom. The molecule has 1 aromatic heterocycles. The van der Waals surface area contributed by atoms with Gasteiger partial charge in [0.05, 0.1) is 25.7 Å². The van der Waals surface area contributed by atoms with Crippen LogP contribution in [0.4, 0.5) is 5.69 Å². The first kappa shape index (κ1) is 24.7. The molecule has 1 amide bonds. The zero-order valence-electron chi connectivity index (χ0n) is 20.0. The van der Waals surface area contributed by atoms with E-state index in [4.69, 9.17) is 26.1 Å². The van der Waals surface area contributed by atoms with Crippen LogP contribution in [-0.4, -0.2) is 35.4 Å². The average Bonchev–Trinajstić information content (AvgIpc) is 3.28. The Bertz CT molecular complexity index is 1350. The Morgan fingerprint density at radius 2 is 1.74 bits per heavy atom. The second-order valence-corrected chi connectivity index (χ2v) is 9.36. The molecule has 0 radical (unpaired) electrons. The van der Waals surface area contributed by atoms with Crippen LogP contribution in [0.2, 0.25) is 5.02 Å². The van der Waals surface area contributed by atoms with Crippen LogP contribution in [0.5, 0.6) is 11.5 Å². The van der Waals surface area contributed by atoms with Crippen molar-refractivity contribution < 1.29 is 14.3 Å².